The van der Waals surface area contributed by atoms with E-state index in [0.29, 0.717) is 5.56 Å². The van der Waals surface area contributed by atoms with Crippen LogP contribution in [0.5, 0.6) is 0 Å². The largest absolute Gasteiger partial charge is 0.459 e. The number of aliphatic hydroxyl groups excluding tert-OH is 1. The average Bonchev–Trinajstić information content (AvgIpc) is 3.09. The number of rotatable bonds is 7. The predicted molar refractivity (Wildman–Crippen MR) is 84.6 cm³/mol. The second-order valence-corrected chi connectivity index (χ2v) is 5.34. The van der Waals surface area contributed by atoms with Gasteiger partial charge >= 0.3 is 0 Å². The number of hydrogen-bond donors (Lipinski definition) is 3. The van der Waals surface area contributed by atoms with Crippen LogP contribution in [-0.2, 0) is 4.79 Å². The van der Waals surface area contributed by atoms with Gasteiger partial charge in [-0.1, -0.05) is 12.1 Å². The number of nitrogens with one attached hydrogen (secondary N) is 2. The Morgan fingerprint density at radius 3 is 2.58 bits per heavy atom. The zero-order chi connectivity index (χ0) is 17.5. The van der Waals surface area contributed by atoms with Crippen LogP contribution in [0.2, 0.25) is 0 Å². The van der Waals surface area contributed by atoms with E-state index in [0.717, 1.165) is 0 Å². The van der Waals surface area contributed by atoms with E-state index in [1.54, 1.807) is 13.0 Å². The molecule has 0 aliphatic heterocycles. The van der Waals surface area contributed by atoms with Gasteiger partial charge in [0.25, 0.3) is 5.91 Å². The number of benzene rings is 1. The van der Waals surface area contributed by atoms with Crippen LogP contribution in [0.1, 0.15) is 35.6 Å². The van der Waals surface area contributed by atoms with Crippen LogP contribution in [0.25, 0.3) is 0 Å². The summed E-state index contributed by atoms with van der Waals surface area (Å²) in [5.74, 6) is -0.930. The predicted octanol–water partition coefficient (Wildman–Crippen LogP) is 1.78. The van der Waals surface area contributed by atoms with Gasteiger partial charge in [0.1, 0.15) is 5.82 Å². The Kier molecular flexibility index (Phi) is 6.08. The molecule has 0 aliphatic carbocycles. The molecule has 6 nitrogen and oxygen atoms in total. The topological polar surface area (TPSA) is 91.6 Å². The average molecular weight is 334 g/mol. The molecule has 1 aromatic carbocycles. The van der Waals surface area contributed by atoms with Crippen LogP contribution in [0, 0.1) is 5.82 Å². The molecule has 3 N–H and O–H groups in total. The fraction of sp³-hybridized carbons (Fsp3) is 0.294. The Labute approximate surface area is 138 Å². The van der Waals surface area contributed by atoms with E-state index in [1.807, 2.05) is 0 Å². The van der Waals surface area contributed by atoms with Gasteiger partial charge in [0.05, 0.1) is 18.4 Å². The first kappa shape index (κ1) is 17.7. The molecule has 0 saturated heterocycles. The van der Waals surface area contributed by atoms with E-state index in [-0.39, 0.29) is 24.6 Å². The summed E-state index contributed by atoms with van der Waals surface area (Å²) in [7, 11) is 0. The zero-order valence-electron chi connectivity index (χ0n) is 13.2. The molecule has 2 rings (SSSR count). The highest BCUT2D eigenvalue weighted by Crippen LogP contribution is 2.17. The minimum absolute atomic E-state index is 0.0624. The molecule has 0 aliphatic rings. The molecule has 1 aromatic heterocycles. The maximum absolute atomic E-state index is 12.9. The van der Waals surface area contributed by atoms with Crippen LogP contribution in [0.4, 0.5) is 4.39 Å². The molecule has 0 saturated carbocycles. The molecule has 24 heavy (non-hydrogen) atoms. The third kappa shape index (κ3) is 4.92. The van der Waals surface area contributed by atoms with Crippen molar-refractivity contribution in [3.63, 3.8) is 0 Å². The lowest BCUT2D eigenvalue weighted by Gasteiger charge is -2.20. The summed E-state index contributed by atoms with van der Waals surface area (Å²) < 4.78 is 17.8. The maximum atomic E-state index is 12.9. The van der Waals surface area contributed by atoms with E-state index in [9.17, 15) is 19.1 Å². The molecule has 2 atom stereocenters. The minimum Gasteiger partial charge on any atom is -0.459 e. The Morgan fingerprint density at radius 2 is 1.96 bits per heavy atom. The number of carbonyl (C=O) groups is 2. The molecule has 0 fully saturated rings. The second-order valence-electron chi connectivity index (χ2n) is 5.34. The van der Waals surface area contributed by atoms with E-state index in [2.05, 4.69) is 10.6 Å². The standard InChI is InChI=1S/C17H19FN2O4/c1-11(16(22)12-4-6-13(18)7-5-12)20-15(21)8-9-19-17(23)14-3-2-10-24-14/h2-7,10-11,16,22H,8-9H2,1H3,(H,19,23)(H,20,21). The van der Waals surface area contributed by atoms with Crippen molar-refractivity contribution >= 4 is 11.8 Å². The quantitative estimate of drug-likeness (QED) is 0.720. The summed E-state index contributed by atoms with van der Waals surface area (Å²) in [6.07, 6.45) is 0.500. The number of furan rings is 1. The van der Waals surface area contributed by atoms with Crippen molar-refractivity contribution in [3.8, 4) is 0 Å². The lowest BCUT2D eigenvalue weighted by atomic mass is 10.0. The first-order valence-corrected chi connectivity index (χ1v) is 7.52. The highest BCUT2D eigenvalue weighted by atomic mass is 19.1. The highest BCUT2D eigenvalue weighted by Gasteiger charge is 2.18. The molecule has 0 spiro atoms. The molecule has 1 heterocycles. The van der Waals surface area contributed by atoms with Crippen LogP contribution in [-0.4, -0.2) is 29.5 Å². The van der Waals surface area contributed by atoms with Gasteiger partial charge in [0, 0.05) is 13.0 Å². The smallest absolute Gasteiger partial charge is 0.286 e. The summed E-state index contributed by atoms with van der Waals surface area (Å²) in [5, 5.41) is 15.4. The fourth-order valence-electron chi connectivity index (χ4n) is 2.14. The van der Waals surface area contributed by atoms with E-state index >= 15 is 0 Å². The van der Waals surface area contributed by atoms with Gasteiger partial charge in [-0.3, -0.25) is 9.59 Å². The highest BCUT2D eigenvalue weighted by molar-refractivity contribution is 5.91. The number of aliphatic hydroxyl groups is 1. The summed E-state index contributed by atoms with van der Waals surface area (Å²) in [6, 6.07) is 7.99. The summed E-state index contributed by atoms with van der Waals surface area (Å²) >= 11 is 0. The van der Waals surface area contributed by atoms with Crippen LogP contribution < -0.4 is 10.6 Å². The van der Waals surface area contributed by atoms with Gasteiger partial charge in [0.15, 0.2) is 5.76 Å². The van der Waals surface area contributed by atoms with Crippen molar-refractivity contribution < 1.29 is 23.5 Å². The lowest BCUT2D eigenvalue weighted by molar-refractivity contribution is -0.122. The number of hydrogen-bond acceptors (Lipinski definition) is 4. The number of halogens is 1. The minimum atomic E-state index is -0.952. The third-order valence-corrected chi connectivity index (χ3v) is 3.46. The van der Waals surface area contributed by atoms with E-state index < -0.39 is 23.9 Å². The normalized spacial score (nSPS) is 13.1. The van der Waals surface area contributed by atoms with Crippen molar-refractivity contribution in [2.75, 3.05) is 6.54 Å². The monoisotopic (exact) mass is 334 g/mol. The Bertz CT molecular complexity index is 670. The van der Waals surface area contributed by atoms with Gasteiger partial charge in [-0.25, -0.2) is 4.39 Å². The van der Waals surface area contributed by atoms with Crippen molar-refractivity contribution in [2.45, 2.75) is 25.5 Å². The third-order valence-electron chi connectivity index (χ3n) is 3.46. The fourth-order valence-corrected chi connectivity index (χ4v) is 2.14. The zero-order valence-corrected chi connectivity index (χ0v) is 13.2. The van der Waals surface area contributed by atoms with Crippen molar-refractivity contribution in [1.82, 2.24) is 10.6 Å². The van der Waals surface area contributed by atoms with Gasteiger partial charge in [-0.05, 0) is 36.8 Å². The van der Waals surface area contributed by atoms with Crippen LogP contribution in [0.15, 0.2) is 47.1 Å². The summed E-state index contributed by atoms with van der Waals surface area (Å²) in [5.41, 5.74) is 0.510. The molecular weight excluding hydrogens is 315 g/mol. The summed E-state index contributed by atoms with van der Waals surface area (Å²) in [6.45, 7) is 1.79. The van der Waals surface area contributed by atoms with Gasteiger partial charge in [-0.15, -0.1) is 0 Å². The molecule has 7 heteroatoms. The molecule has 2 amide bonds. The van der Waals surface area contributed by atoms with Crippen molar-refractivity contribution in [2.24, 2.45) is 0 Å². The van der Waals surface area contributed by atoms with Gasteiger partial charge in [-0.2, -0.15) is 0 Å². The SMILES string of the molecule is CC(NC(=O)CCNC(=O)c1ccco1)C(O)c1ccc(F)cc1. The Morgan fingerprint density at radius 1 is 1.25 bits per heavy atom. The first-order chi connectivity index (χ1) is 11.5. The molecule has 2 unspecified atom stereocenters. The van der Waals surface area contributed by atoms with Crippen molar-refractivity contribution in [1.29, 1.82) is 0 Å². The Hall–Kier alpha value is -2.67. The lowest BCUT2D eigenvalue weighted by Crippen LogP contribution is -2.38. The maximum Gasteiger partial charge on any atom is 0.286 e. The van der Waals surface area contributed by atoms with E-state index in [4.69, 9.17) is 4.42 Å². The molecule has 0 bridgehead atoms. The first-order valence-electron chi connectivity index (χ1n) is 7.52. The number of amides is 2. The second kappa shape index (κ2) is 8.26. The number of carbonyl (C=O) groups excluding carboxylic acids is 2. The van der Waals surface area contributed by atoms with Crippen molar-refractivity contribution in [3.05, 3.63) is 59.8 Å². The van der Waals surface area contributed by atoms with Crippen LogP contribution >= 0.6 is 0 Å². The van der Waals surface area contributed by atoms with Gasteiger partial charge in [0.2, 0.25) is 5.91 Å². The Balaban J connectivity index is 1.75. The molecule has 128 valence electrons. The molecule has 0 radical (unpaired) electrons. The van der Waals surface area contributed by atoms with Gasteiger partial charge < -0.3 is 20.2 Å². The van der Waals surface area contributed by atoms with E-state index in [1.165, 1.54) is 36.6 Å². The summed E-state index contributed by atoms with van der Waals surface area (Å²) in [4.78, 5) is 23.5. The molecule has 2 aromatic rings. The molecular formula is C17H19FN2O4. The van der Waals surface area contributed by atoms with Crippen LogP contribution in [0.3, 0.4) is 0 Å².